The Morgan fingerprint density at radius 3 is 0.893 bits per heavy atom. The summed E-state index contributed by atoms with van der Waals surface area (Å²) in [6.45, 7) is 17.0. The van der Waals surface area contributed by atoms with Crippen molar-refractivity contribution in [1.29, 1.82) is 0 Å². The van der Waals surface area contributed by atoms with Gasteiger partial charge < -0.3 is 10.2 Å². The normalized spacial score (nSPS) is 13.0. The minimum Gasteiger partial charge on any atom is -0.504 e. The van der Waals surface area contributed by atoms with Gasteiger partial charge in [-0.1, -0.05) is 91.8 Å². The van der Waals surface area contributed by atoms with Crippen LogP contribution >= 0.6 is 0 Å². The fraction of sp³-hybridized carbons (Fsp3) is 0.462. The number of benzene rings is 2. The summed E-state index contributed by atoms with van der Waals surface area (Å²) in [7, 11) is 0. The third-order valence-corrected chi connectivity index (χ3v) is 5.44. The van der Waals surface area contributed by atoms with Crippen LogP contribution in [0.3, 0.4) is 0 Å². The number of aliphatic hydroxyl groups is 2. The van der Waals surface area contributed by atoms with Crippen molar-refractivity contribution in [3.8, 4) is 0 Å². The van der Waals surface area contributed by atoms with E-state index in [4.69, 9.17) is 0 Å². The van der Waals surface area contributed by atoms with Crippen LogP contribution in [-0.4, -0.2) is 10.2 Å². The van der Waals surface area contributed by atoms with Gasteiger partial charge in [0, 0.05) is 11.1 Å². The van der Waals surface area contributed by atoms with Crippen LogP contribution in [0.4, 0.5) is 0 Å². The molecule has 0 atom stereocenters. The van der Waals surface area contributed by atoms with Gasteiger partial charge in [0.2, 0.25) is 0 Å². The minimum atomic E-state index is -0.0111. The van der Waals surface area contributed by atoms with E-state index in [1.165, 1.54) is 0 Å². The Balaban J connectivity index is 2.88. The Morgan fingerprint density at radius 1 is 0.500 bits per heavy atom. The molecule has 2 rings (SSSR count). The van der Waals surface area contributed by atoms with Gasteiger partial charge in [-0.15, -0.1) is 0 Å². The summed E-state index contributed by atoms with van der Waals surface area (Å²) < 4.78 is 0. The molecule has 0 heterocycles. The van der Waals surface area contributed by atoms with E-state index in [1.54, 1.807) is 0 Å². The first-order valence-corrected chi connectivity index (χ1v) is 10.5. The van der Waals surface area contributed by atoms with Gasteiger partial charge in [0.05, 0.1) is 0 Å². The highest BCUT2D eigenvalue weighted by Gasteiger charge is 2.24. The Labute approximate surface area is 170 Å². The lowest BCUT2D eigenvalue weighted by Gasteiger charge is -2.23. The second-order valence-electron chi connectivity index (χ2n) is 8.94. The van der Waals surface area contributed by atoms with Crippen molar-refractivity contribution in [3.63, 3.8) is 0 Å². The van der Waals surface area contributed by atoms with Crippen molar-refractivity contribution < 1.29 is 10.2 Å². The number of aliphatic hydroxyl groups excluding tert-OH is 2. The van der Waals surface area contributed by atoms with E-state index in [2.05, 4.69) is 55.4 Å². The first-order chi connectivity index (χ1) is 13.1. The molecule has 0 saturated carbocycles. The summed E-state index contributed by atoms with van der Waals surface area (Å²) in [5, 5.41) is 22.7. The Kier molecular flexibility index (Phi) is 6.98. The first kappa shape index (κ1) is 22.1. The molecule has 2 heteroatoms. The maximum atomic E-state index is 11.3. The predicted molar refractivity (Wildman–Crippen MR) is 121 cm³/mol. The van der Waals surface area contributed by atoms with Gasteiger partial charge in [0.15, 0.2) is 11.5 Å². The van der Waals surface area contributed by atoms with Crippen LogP contribution in [0.2, 0.25) is 0 Å². The van der Waals surface area contributed by atoms with Crippen molar-refractivity contribution in [2.45, 2.75) is 79.1 Å². The summed E-state index contributed by atoms with van der Waals surface area (Å²) in [5.74, 6) is 0.954. The highest BCUT2D eigenvalue weighted by Crippen LogP contribution is 2.38. The molecular weight excluding hydrogens is 344 g/mol. The predicted octanol–water partition coefficient (Wildman–Crippen LogP) is 8.12. The van der Waals surface area contributed by atoms with Crippen LogP contribution in [0.5, 0.6) is 0 Å². The van der Waals surface area contributed by atoms with Crippen LogP contribution in [-0.2, 0) is 0 Å². The van der Waals surface area contributed by atoms with E-state index in [0.717, 1.165) is 33.4 Å². The largest absolute Gasteiger partial charge is 0.504 e. The lowest BCUT2D eigenvalue weighted by atomic mass is 9.84. The van der Waals surface area contributed by atoms with E-state index in [9.17, 15) is 10.2 Å². The Hall–Kier alpha value is -2.22. The molecule has 0 radical (unpaired) electrons. The SMILES string of the molecule is CC(C)c1cccc(C(C)C)c1C(O)=C(O)c1c(C(C)C)cccc1C(C)C. The Bertz CT molecular complexity index is 731. The monoisotopic (exact) mass is 380 g/mol. The molecule has 0 aromatic heterocycles. The van der Waals surface area contributed by atoms with Crippen LogP contribution in [0.25, 0.3) is 11.5 Å². The van der Waals surface area contributed by atoms with Crippen molar-refractivity contribution in [1.82, 2.24) is 0 Å². The average molecular weight is 381 g/mol. The third-order valence-electron chi connectivity index (χ3n) is 5.44. The highest BCUT2D eigenvalue weighted by molar-refractivity contribution is 5.87. The van der Waals surface area contributed by atoms with Crippen LogP contribution in [0.15, 0.2) is 36.4 Å². The molecule has 0 aliphatic heterocycles. The third kappa shape index (κ3) is 4.27. The van der Waals surface area contributed by atoms with Gasteiger partial charge >= 0.3 is 0 Å². The summed E-state index contributed by atoms with van der Waals surface area (Å²) in [6, 6.07) is 12.3. The zero-order chi connectivity index (χ0) is 21.2. The van der Waals surface area contributed by atoms with Crippen LogP contribution in [0, 0.1) is 0 Å². The lowest BCUT2D eigenvalue weighted by molar-refractivity contribution is 0.456. The average Bonchev–Trinajstić information content (AvgIpc) is 2.65. The summed E-state index contributed by atoms with van der Waals surface area (Å²) >= 11 is 0. The second-order valence-corrected chi connectivity index (χ2v) is 8.94. The summed E-state index contributed by atoms with van der Waals surface area (Å²) in [4.78, 5) is 0. The van der Waals surface area contributed by atoms with Gasteiger partial charge in [-0.25, -0.2) is 0 Å². The standard InChI is InChI=1S/C26H36O2/c1-15(2)19-11-9-12-20(16(3)4)23(19)25(27)26(28)24-21(17(5)6)13-10-14-22(24)18(7)8/h9-18,27-28H,1-8H3. The molecule has 2 aromatic rings. The van der Waals surface area contributed by atoms with Crippen LogP contribution < -0.4 is 0 Å². The molecule has 28 heavy (non-hydrogen) atoms. The van der Waals surface area contributed by atoms with Gasteiger partial charge in [0.1, 0.15) is 0 Å². The van der Waals surface area contributed by atoms with Gasteiger partial charge in [-0.05, 0) is 45.9 Å². The van der Waals surface area contributed by atoms with E-state index < -0.39 is 0 Å². The Morgan fingerprint density at radius 2 is 0.714 bits per heavy atom. The topological polar surface area (TPSA) is 40.5 Å². The van der Waals surface area contributed by atoms with Crippen molar-refractivity contribution >= 4 is 11.5 Å². The highest BCUT2D eigenvalue weighted by atomic mass is 16.3. The zero-order valence-corrected chi connectivity index (χ0v) is 18.7. The maximum Gasteiger partial charge on any atom is 0.166 e. The fourth-order valence-corrected chi connectivity index (χ4v) is 3.89. The molecule has 0 unspecified atom stereocenters. The molecule has 0 amide bonds. The maximum absolute atomic E-state index is 11.3. The molecule has 2 aromatic carbocycles. The summed E-state index contributed by atoms with van der Waals surface area (Å²) in [5.41, 5.74) is 5.79. The molecule has 0 aliphatic rings. The molecule has 0 spiro atoms. The molecule has 0 aliphatic carbocycles. The molecule has 0 bridgehead atoms. The van der Waals surface area contributed by atoms with Crippen molar-refractivity contribution in [2.24, 2.45) is 0 Å². The molecule has 152 valence electrons. The number of hydrogen-bond donors (Lipinski definition) is 2. The molecular formula is C26H36O2. The van der Waals surface area contributed by atoms with Crippen molar-refractivity contribution in [3.05, 3.63) is 69.8 Å². The second kappa shape index (κ2) is 8.86. The van der Waals surface area contributed by atoms with Crippen LogP contribution in [0.1, 0.15) is 112 Å². The number of rotatable bonds is 6. The molecule has 0 saturated heterocycles. The van der Waals surface area contributed by atoms with E-state index in [1.807, 2.05) is 36.4 Å². The molecule has 2 N–H and O–H groups in total. The molecule has 0 fully saturated rings. The van der Waals surface area contributed by atoms with Gasteiger partial charge in [0.25, 0.3) is 0 Å². The van der Waals surface area contributed by atoms with E-state index in [-0.39, 0.29) is 35.2 Å². The lowest BCUT2D eigenvalue weighted by Crippen LogP contribution is -2.08. The molecule has 2 nitrogen and oxygen atoms in total. The first-order valence-electron chi connectivity index (χ1n) is 10.5. The smallest absolute Gasteiger partial charge is 0.166 e. The van der Waals surface area contributed by atoms with E-state index in [0.29, 0.717) is 0 Å². The minimum absolute atomic E-state index is 0.0111. The summed E-state index contributed by atoms with van der Waals surface area (Å²) in [6.07, 6.45) is 0. The zero-order valence-electron chi connectivity index (χ0n) is 18.7. The number of hydrogen-bond acceptors (Lipinski definition) is 2. The van der Waals surface area contributed by atoms with E-state index >= 15 is 0 Å². The fourth-order valence-electron chi connectivity index (χ4n) is 3.89. The quantitative estimate of drug-likeness (QED) is 0.392. The van der Waals surface area contributed by atoms with Crippen molar-refractivity contribution in [2.75, 3.05) is 0 Å². The van der Waals surface area contributed by atoms with Gasteiger partial charge in [-0.3, -0.25) is 0 Å². The van der Waals surface area contributed by atoms with Gasteiger partial charge in [-0.2, -0.15) is 0 Å².